The van der Waals surface area contributed by atoms with E-state index in [1.54, 1.807) is 30.3 Å². The van der Waals surface area contributed by atoms with E-state index in [4.69, 9.17) is 0 Å². The largest absolute Gasteiger partial charge is 0.416 e. The summed E-state index contributed by atoms with van der Waals surface area (Å²) in [6, 6.07) is 17.1. The van der Waals surface area contributed by atoms with Crippen LogP contribution in [-0.2, 0) is 22.2 Å². The number of alkyl halides is 3. The molecule has 0 atom stereocenters. The summed E-state index contributed by atoms with van der Waals surface area (Å²) >= 11 is 0. The highest BCUT2D eigenvalue weighted by molar-refractivity contribution is 6.05. The van der Waals surface area contributed by atoms with Gasteiger partial charge in [-0.25, -0.2) is 0 Å². The van der Waals surface area contributed by atoms with Crippen LogP contribution in [-0.4, -0.2) is 17.7 Å². The fourth-order valence-electron chi connectivity index (χ4n) is 3.07. The van der Waals surface area contributed by atoms with E-state index in [2.05, 4.69) is 22.5 Å². The van der Waals surface area contributed by atoms with Gasteiger partial charge in [0.05, 0.1) is 12.0 Å². The van der Waals surface area contributed by atoms with E-state index in [9.17, 15) is 27.6 Å². The minimum Gasteiger partial charge on any atom is -0.326 e. The lowest BCUT2D eigenvalue weighted by molar-refractivity contribution is -0.137. The smallest absolute Gasteiger partial charge is 0.326 e. The SMILES string of the molecule is C=CC(=O)Nc1ccccc1CC(=O)Nc1cccc(C(=O)Nc2cccc(C(F)(F)F)c2)c1. The van der Waals surface area contributed by atoms with Crippen LogP contribution in [0.2, 0.25) is 0 Å². The second kappa shape index (κ2) is 10.5. The zero-order valence-corrected chi connectivity index (χ0v) is 17.8. The van der Waals surface area contributed by atoms with Gasteiger partial charge in [0.1, 0.15) is 0 Å². The van der Waals surface area contributed by atoms with Gasteiger partial charge in [0.15, 0.2) is 0 Å². The summed E-state index contributed by atoms with van der Waals surface area (Å²) in [7, 11) is 0. The minimum atomic E-state index is -4.53. The summed E-state index contributed by atoms with van der Waals surface area (Å²) in [4.78, 5) is 36.7. The van der Waals surface area contributed by atoms with Gasteiger partial charge in [-0.1, -0.05) is 36.9 Å². The second-order valence-corrected chi connectivity index (χ2v) is 7.19. The van der Waals surface area contributed by atoms with Crippen LogP contribution in [0, 0.1) is 0 Å². The molecule has 0 fully saturated rings. The first-order valence-corrected chi connectivity index (χ1v) is 10.1. The van der Waals surface area contributed by atoms with Crippen molar-refractivity contribution in [1.82, 2.24) is 0 Å². The number of carbonyl (C=O) groups excluding carboxylic acids is 3. The molecule has 3 aromatic carbocycles. The van der Waals surface area contributed by atoms with Gasteiger partial charge in [0, 0.05) is 22.6 Å². The lowest BCUT2D eigenvalue weighted by atomic mass is 10.1. The lowest BCUT2D eigenvalue weighted by Crippen LogP contribution is -2.17. The Hall–Kier alpha value is -4.40. The molecule has 0 radical (unpaired) electrons. The Morgan fingerprint density at radius 3 is 2.21 bits per heavy atom. The maximum Gasteiger partial charge on any atom is 0.416 e. The van der Waals surface area contributed by atoms with Gasteiger partial charge in [-0.2, -0.15) is 13.2 Å². The zero-order valence-electron chi connectivity index (χ0n) is 17.8. The van der Waals surface area contributed by atoms with Gasteiger partial charge in [0.25, 0.3) is 5.91 Å². The van der Waals surface area contributed by atoms with E-state index in [1.807, 2.05) is 0 Å². The highest BCUT2D eigenvalue weighted by Crippen LogP contribution is 2.30. The van der Waals surface area contributed by atoms with Crippen LogP contribution in [0.5, 0.6) is 0 Å². The summed E-state index contributed by atoms with van der Waals surface area (Å²) in [5.74, 6) is -1.43. The minimum absolute atomic E-state index is 0.00700. The highest BCUT2D eigenvalue weighted by atomic mass is 19.4. The molecule has 0 aromatic heterocycles. The highest BCUT2D eigenvalue weighted by Gasteiger charge is 2.30. The van der Waals surface area contributed by atoms with Crippen molar-refractivity contribution in [3.8, 4) is 0 Å². The molecule has 0 bridgehead atoms. The summed E-state index contributed by atoms with van der Waals surface area (Å²) in [6.45, 7) is 3.39. The number of halogens is 3. The number of hydrogen-bond acceptors (Lipinski definition) is 3. The summed E-state index contributed by atoms with van der Waals surface area (Å²) in [6.07, 6.45) is -3.46. The second-order valence-electron chi connectivity index (χ2n) is 7.19. The fourth-order valence-corrected chi connectivity index (χ4v) is 3.07. The van der Waals surface area contributed by atoms with E-state index >= 15 is 0 Å². The Labute approximate surface area is 193 Å². The predicted molar refractivity (Wildman–Crippen MR) is 123 cm³/mol. The van der Waals surface area contributed by atoms with E-state index in [-0.39, 0.29) is 17.7 Å². The van der Waals surface area contributed by atoms with Crippen molar-refractivity contribution in [2.45, 2.75) is 12.6 Å². The van der Waals surface area contributed by atoms with E-state index in [0.717, 1.165) is 18.2 Å². The monoisotopic (exact) mass is 467 g/mol. The van der Waals surface area contributed by atoms with Crippen LogP contribution in [0.4, 0.5) is 30.2 Å². The molecule has 3 amide bonds. The summed E-state index contributed by atoms with van der Waals surface area (Å²) in [5, 5.41) is 7.72. The van der Waals surface area contributed by atoms with Crippen LogP contribution in [0.1, 0.15) is 21.5 Å². The Bertz CT molecular complexity index is 1240. The third-order valence-electron chi connectivity index (χ3n) is 4.67. The molecule has 0 aliphatic carbocycles. The number of amides is 3. The Morgan fingerprint density at radius 1 is 0.824 bits per heavy atom. The van der Waals surface area contributed by atoms with Crippen LogP contribution in [0.15, 0.2) is 85.5 Å². The van der Waals surface area contributed by atoms with Gasteiger partial charge in [0.2, 0.25) is 11.8 Å². The molecule has 0 saturated carbocycles. The Balaban J connectivity index is 1.68. The molecule has 0 spiro atoms. The zero-order chi connectivity index (χ0) is 24.7. The van der Waals surface area contributed by atoms with Crippen molar-refractivity contribution in [2.75, 3.05) is 16.0 Å². The summed E-state index contributed by atoms with van der Waals surface area (Å²) in [5.41, 5.74) is 0.636. The number of carbonyl (C=O) groups is 3. The number of para-hydroxylation sites is 1. The average molecular weight is 467 g/mol. The van der Waals surface area contributed by atoms with Crippen molar-refractivity contribution in [3.63, 3.8) is 0 Å². The van der Waals surface area contributed by atoms with Crippen molar-refractivity contribution in [3.05, 3.63) is 102 Å². The standard InChI is InChI=1S/C25H20F3N3O3/c1-2-22(32)31-21-12-4-3-7-16(21)14-23(33)29-19-10-5-8-17(13-19)24(34)30-20-11-6-9-18(15-20)25(26,27)28/h2-13,15H,1,14H2,(H,29,33)(H,30,34)(H,31,32). The van der Waals surface area contributed by atoms with E-state index in [0.29, 0.717) is 16.9 Å². The summed E-state index contributed by atoms with van der Waals surface area (Å²) < 4.78 is 38.7. The molecule has 6 nitrogen and oxygen atoms in total. The van der Waals surface area contributed by atoms with Crippen molar-refractivity contribution < 1.29 is 27.6 Å². The van der Waals surface area contributed by atoms with Crippen LogP contribution < -0.4 is 16.0 Å². The third-order valence-corrected chi connectivity index (χ3v) is 4.67. The fraction of sp³-hybridized carbons (Fsp3) is 0.0800. The number of anilines is 3. The molecule has 9 heteroatoms. The Morgan fingerprint density at radius 2 is 1.50 bits per heavy atom. The molecule has 3 rings (SSSR count). The topological polar surface area (TPSA) is 87.3 Å². The van der Waals surface area contributed by atoms with Crippen LogP contribution in [0.3, 0.4) is 0 Å². The molecule has 0 unspecified atom stereocenters. The number of rotatable bonds is 7. The first kappa shape index (κ1) is 24.2. The van der Waals surface area contributed by atoms with E-state index in [1.165, 1.54) is 30.3 Å². The van der Waals surface area contributed by atoms with Gasteiger partial charge in [-0.3, -0.25) is 14.4 Å². The molecular weight excluding hydrogens is 447 g/mol. The first-order valence-electron chi connectivity index (χ1n) is 10.1. The molecular formula is C25H20F3N3O3. The number of nitrogens with one attached hydrogen (secondary N) is 3. The maximum absolute atomic E-state index is 12.9. The van der Waals surface area contributed by atoms with Crippen molar-refractivity contribution in [2.24, 2.45) is 0 Å². The number of benzene rings is 3. The van der Waals surface area contributed by atoms with Gasteiger partial charge < -0.3 is 16.0 Å². The molecule has 0 saturated heterocycles. The van der Waals surface area contributed by atoms with Crippen molar-refractivity contribution in [1.29, 1.82) is 0 Å². The molecule has 174 valence electrons. The van der Waals surface area contributed by atoms with Crippen LogP contribution >= 0.6 is 0 Å². The number of hydrogen-bond donors (Lipinski definition) is 3. The molecule has 0 heterocycles. The van der Waals surface area contributed by atoms with Crippen LogP contribution in [0.25, 0.3) is 0 Å². The maximum atomic E-state index is 12.9. The van der Waals surface area contributed by atoms with E-state index < -0.39 is 29.5 Å². The van der Waals surface area contributed by atoms with Gasteiger partial charge in [-0.15, -0.1) is 0 Å². The molecule has 34 heavy (non-hydrogen) atoms. The predicted octanol–water partition coefficient (Wildman–Crippen LogP) is 5.26. The first-order chi connectivity index (χ1) is 16.2. The van der Waals surface area contributed by atoms with Gasteiger partial charge in [-0.05, 0) is 54.1 Å². The third kappa shape index (κ3) is 6.55. The van der Waals surface area contributed by atoms with Crippen molar-refractivity contribution >= 4 is 34.8 Å². The normalized spacial score (nSPS) is 10.8. The molecule has 3 N–H and O–H groups in total. The Kier molecular flexibility index (Phi) is 7.47. The molecule has 3 aromatic rings. The average Bonchev–Trinajstić information content (AvgIpc) is 2.80. The van der Waals surface area contributed by atoms with Gasteiger partial charge >= 0.3 is 6.18 Å². The lowest BCUT2D eigenvalue weighted by Gasteiger charge is -2.12. The molecule has 0 aliphatic rings. The molecule has 0 aliphatic heterocycles. The quantitative estimate of drug-likeness (QED) is 0.414.